The molecule has 0 aliphatic heterocycles. The average molecular weight is 416 g/mol. The van der Waals surface area contributed by atoms with Gasteiger partial charge in [-0.25, -0.2) is 4.68 Å². The van der Waals surface area contributed by atoms with Crippen LogP contribution in [0.15, 0.2) is 61.2 Å². The van der Waals surface area contributed by atoms with E-state index in [1.165, 1.54) is 0 Å². The fourth-order valence-corrected chi connectivity index (χ4v) is 3.32. The van der Waals surface area contributed by atoms with Gasteiger partial charge in [0.25, 0.3) is 0 Å². The first-order valence-corrected chi connectivity index (χ1v) is 10.4. The van der Waals surface area contributed by atoms with E-state index in [1.807, 2.05) is 29.0 Å². The van der Waals surface area contributed by atoms with Crippen LogP contribution < -0.4 is 4.74 Å². The van der Waals surface area contributed by atoms with Crippen LogP contribution in [-0.4, -0.2) is 42.0 Å². The maximum absolute atomic E-state index is 5.63. The predicted octanol–water partition coefficient (Wildman–Crippen LogP) is 4.08. The molecule has 0 spiro atoms. The summed E-state index contributed by atoms with van der Waals surface area (Å²) in [5, 5.41) is 19.0. The Morgan fingerprint density at radius 2 is 1.90 bits per heavy atom. The summed E-state index contributed by atoms with van der Waals surface area (Å²) in [4.78, 5) is 4.55. The van der Waals surface area contributed by atoms with Crippen LogP contribution in [0.4, 0.5) is 0 Å². The van der Waals surface area contributed by atoms with Crippen LogP contribution in [0.25, 0.3) is 22.5 Å². The van der Waals surface area contributed by atoms with Gasteiger partial charge in [-0.2, -0.15) is 10.2 Å². The Balaban J connectivity index is 1.56. The van der Waals surface area contributed by atoms with E-state index in [2.05, 4.69) is 74.5 Å². The summed E-state index contributed by atoms with van der Waals surface area (Å²) >= 11 is 0. The lowest BCUT2D eigenvalue weighted by molar-refractivity contribution is 0.291. The van der Waals surface area contributed by atoms with Crippen LogP contribution in [0.3, 0.4) is 0 Å². The molecule has 31 heavy (non-hydrogen) atoms. The third-order valence-electron chi connectivity index (χ3n) is 4.85. The van der Waals surface area contributed by atoms with E-state index in [0.717, 1.165) is 47.3 Å². The zero-order chi connectivity index (χ0) is 21.5. The second kappa shape index (κ2) is 9.80. The van der Waals surface area contributed by atoms with Crippen molar-refractivity contribution in [3.8, 4) is 28.5 Å². The Hall–Kier alpha value is -3.81. The van der Waals surface area contributed by atoms with Crippen LogP contribution in [0.1, 0.15) is 31.2 Å². The lowest BCUT2D eigenvalue weighted by atomic mass is 9.98. The number of H-pyrrole nitrogens is 1. The molecule has 0 atom stereocenters. The molecule has 0 fully saturated rings. The number of tetrazole rings is 1. The summed E-state index contributed by atoms with van der Waals surface area (Å²) in [6.07, 6.45) is 4.44. The third-order valence-corrected chi connectivity index (χ3v) is 4.85. The lowest BCUT2D eigenvalue weighted by Gasteiger charge is -2.09. The van der Waals surface area contributed by atoms with Crippen molar-refractivity contribution in [2.24, 2.45) is 0 Å². The van der Waals surface area contributed by atoms with Crippen molar-refractivity contribution in [1.82, 2.24) is 35.4 Å². The highest BCUT2D eigenvalue weighted by Crippen LogP contribution is 2.29. The number of hydrogen-bond donors (Lipinski definition) is 1. The van der Waals surface area contributed by atoms with Crippen LogP contribution in [0.2, 0.25) is 0 Å². The molecule has 0 unspecified atom stereocenters. The maximum Gasteiger partial charge on any atom is 0.335 e. The van der Waals surface area contributed by atoms with Gasteiger partial charge in [-0.1, -0.05) is 61.5 Å². The number of nitrogens with one attached hydrogen (secondary N) is 1. The Morgan fingerprint density at radius 3 is 2.61 bits per heavy atom. The smallest absolute Gasteiger partial charge is 0.335 e. The molecule has 0 radical (unpaired) electrons. The topological polar surface area (TPSA) is 94.4 Å². The van der Waals surface area contributed by atoms with Gasteiger partial charge < -0.3 is 4.74 Å². The summed E-state index contributed by atoms with van der Waals surface area (Å²) < 4.78 is 7.54. The molecule has 2 aromatic carbocycles. The Labute approximate surface area is 181 Å². The molecule has 8 nitrogen and oxygen atoms in total. The number of nitrogens with zero attached hydrogens (tertiary/aromatic N) is 6. The maximum atomic E-state index is 5.63. The Morgan fingerprint density at radius 1 is 1.10 bits per heavy atom. The Kier molecular flexibility index (Phi) is 6.47. The molecule has 0 saturated heterocycles. The highest BCUT2D eigenvalue weighted by atomic mass is 16.5. The fourth-order valence-electron chi connectivity index (χ4n) is 3.32. The molecule has 0 bridgehead atoms. The highest BCUT2D eigenvalue weighted by molar-refractivity contribution is 5.80. The molecule has 158 valence electrons. The molecule has 0 aliphatic rings. The molecule has 2 heterocycles. The van der Waals surface area contributed by atoms with Gasteiger partial charge >= 0.3 is 6.01 Å². The molecular formula is C23H25N7O. The SMILES string of the molecule is C=CCCc1nc(OCCC)nn1Cc1ccc(-c2ccccc2-c2nn[nH]n2)cc1. The van der Waals surface area contributed by atoms with E-state index in [0.29, 0.717) is 25.0 Å². The zero-order valence-electron chi connectivity index (χ0n) is 17.5. The third kappa shape index (κ3) is 4.85. The second-order valence-corrected chi connectivity index (χ2v) is 7.12. The van der Waals surface area contributed by atoms with E-state index in [1.54, 1.807) is 0 Å². The molecule has 0 aliphatic carbocycles. The monoisotopic (exact) mass is 415 g/mol. The minimum Gasteiger partial charge on any atom is -0.462 e. The minimum absolute atomic E-state index is 0.437. The first-order chi connectivity index (χ1) is 15.3. The van der Waals surface area contributed by atoms with Crippen molar-refractivity contribution >= 4 is 0 Å². The van der Waals surface area contributed by atoms with Crippen molar-refractivity contribution in [3.05, 3.63) is 72.6 Å². The fraction of sp³-hybridized carbons (Fsp3) is 0.261. The van der Waals surface area contributed by atoms with Gasteiger partial charge in [0.15, 0.2) is 0 Å². The number of rotatable bonds is 10. The van der Waals surface area contributed by atoms with Crippen molar-refractivity contribution in [2.45, 2.75) is 32.7 Å². The first-order valence-electron chi connectivity index (χ1n) is 10.4. The predicted molar refractivity (Wildman–Crippen MR) is 118 cm³/mol. The van der Waals surface area contributed by atoms with Crippen molar-refractivity contribution in [1.29, 1.82) is 0 Å². The summed E-state index contributed by atoms with van der Waals surface area (Å²) in [5.74, 6) is 1.48. The number of aryl methyl sites for hydroxylation is 1. The molecular weight excluding hydrogens is 390 g/mol. The summed E-state index contributed by atoms with van der Waals surface area (Å²) in [5.41, 5.74) is 4.21. The summed E-state index contributed by atoms with van der Waals surface area (Å²) in [6, 6.07) is 16.9. The number of aromatic amines is 1. The second-order valence-electron chi connectivity index (χ2n) is 7.12. The van der Waals surface area contributed by atoms with Gasteiger partial charge in [-0.15, -0.1) is 21.9 Å². The van der Waals surface area contributed by atoms with Crippen LogP contribution in [-0.2, 0) is 13.0 Å². The average Bonchev–Trinajstić information content (AvgIpc) is 3.47. The van der Waals surface area contributed by atoms with Crippen LogP contribution in [0, 0.1) is 0 Å². The molecule has 8 heteroatoms. The normalized spacial score (nSPS) is 10.9. The number of hydrogen-bond acceptors (Lipinski definition) is 6. The van der Waals surface area contributed by atoms with E-state index in [4.69, 9.17) is 4.74 Å². The van der Waals surface area contributed by atoms with Crippen molar-refractivity contribution in [2.75, 3.05) is 6.61 Å². The standard InChI is InChI=1S/C23H25N7O/c1-3-5-10-21-24-23(31-15-4-2)27-30(21)16-17-11-13-18(14-12-17)19-8-6-7-9-20(19)22-25-28-29-26-22/h3,6-9,11-14H,1,4-5,10,15-16H2,2H3,(H,25,26,28,29). The van der Waals surface area contributed by atoms with Gasteiger partial charge in [0.1, 0.15) is 5.82 Å². The number of benzene rings is 2. The first kappa shape index (κ1) is 20.5. The van der Waals surface area contributed by atoms with E-state index >= 15 is 0 Å². The van der Waals surface area contributed by atoms with Crippen LogP contribution in [0.5, 0.6) is 6.01 Å². The van der Waals surface area contributed by atoms with Gasteiger partial charge in [0.05, 0.1) is 13.2 Å². The lowest BCUT2D eigenvalue weighted by Crippen LogP contribution is -2.07. The molecule has 1 N–H and O–H groups in total. The molecule has 2 aromatic heterocycles. The van der Waals surface area contributed by atoms with Gasteiger partial charge in [-0.05, 0) is 34.7 Å². The molecule has 0 saturated carbocycles. The largest absolute Gasteiger partial charge is 0.462 e. The molecule has 4 aromatic rings. The molecule has 4 rings (SSSR count). The molecule has 0 amide bonds. The van der Waals surface area contributed by atoms with Crippen molar-refractivity contribution < 1.29 is 4.74 Å². The summed E-state index contributed by atoms with van der Waals surface area (Å²) in [6.45, 7) is 7.11. The number of aromatic nitrogens is 7. The summed E-state index contributed by atoms with van der Waals surface area (Å²) in [7, 11) is 0. The zero-order valence-corrected chi connectivity index (χ0v) is 17.5. The van der Waals surface area contributed by atoms with Gasteiger partial charge in [0, 0.05) is 12.0 Å². The van der Waals surface area contributed by atoms with E-state index < -0.39 is 0 Å². The minimum atomic E-state index is 0.437. The number of ether oxygens (including phenoxy) is 1. The quantitative estimate of drug-likeness (QED) is 0.392. The van der Waals surface area contributed by atoms with Crippen molar-refractivity contribution in [3.63, 3.8) is 0 Å². The van der Waals surface area contributed by atoms with Crippen LogP contribution >= 0.6 is 0 Å². The van der Waals surface area contributed by atoms with E-state index in [9.17, 15) is 0 Å². The van der Waals surface area contributed by atoms with Gasteiger partial charge in [0.2, 0.25) is 5.82 Å². The highest BCUT2D eigenvalue weighted by Gasteiger charge is 2.13. The van der Waals surface area contributed by atoms with Gasteiger partial charge in [-0.3, -0.25) is 0 Å². The number of allylic oxidation sites excluding steroid dienone is 1. The van der Waals surface area contributed by atoms with E-state index in [-0.39, 0.29) is 0 Å². The Bertz CT molecular complexity index is 1120.